The minimum absolute atomic E-state index is 0.0883. The molecule has 1 aromatic heterocycles. The Hall–Kier alpha value is -2.30. The van der Waals surface area contributed by atoms with Crippen LogP contribution in [0.15, 0.2) is 42.7 Å². The van der Waals surface area contributed by atoms with Crippen molar-refractivity contribution in [2.75, 3.05) is 19.6 Å². The summed E-state index contributed by atoms with van der Waals surface area (Å²) in [4.78, 5) is 18.5. The van der Waals surface area contributed by atoms with Crippen LogP contribution in [0.4, 0.5) is 4.79 Å². The van der Waals surface area contributed by atoms with E-state index in [1.165, 1.54) is 5.56 Å². The lowest BCUT2D eigenvalue weighted by atomic mass is 9.97. The van der Waals surface area contributed by atoms with E-state index >= 15 is 0 Å². The standard InChI is InChI=1S/C20H28N4O/c1-17-21-12-15-24(17)16-19-9-13-23(14-10-19)20(25)22-11-5-8-18-6-3-2-4-7-18/h2-4,6-7,12,15,19H,5,8-11,13-14,16H2,1H3,(H,22,25). The van der Waals surface area contributed by atoms with Gasteiger partial charge in [-0.15, -0.1) is 0 Å². The molecule has 2 heterocycles. The Kier molecular flexibility index (Phi) is 6.09. The van der Waals surface area contributed by atoms with E-state index < -0.39 is 0 Å². The minimum atomic E-state index is 0.0883. The summed E-state index contributed by atoms with van der Waals surface area (Å²) >= 11 is 0. The van der Waals surface area contributed by atoms with Crippen molar-refractivity contribution in [2.24, 2.45) is 5.92 Å². The third-order valence-corrected chi connectivity index (χ3v) is 5.04. The quantitative estimate of drug-likeness (QED) is 0.821. The SMILES string of the molecule is Cc1nccn1CC1CCN(C(=O)NCCCc2ccccc2)CC1. The van der Waals surface area contributed by atoms with Crippen molar-refractivity contribution in [2.45, 2.75) is 39.2 Å². The highest BCUT2D eigenvalue weighted by atomic mass is 16.2. The van der Waals surface area contributed by atoms with E-state index in [4.69, 9.17) is 0 Å². The van der Waals surface area contributed by atoms with Gasteiger partial charge in [-0.2, -0.15) is 0 Å². The summed E-state index contributed by atoms with van der Waals surface area (Å²) < 4.78 is 2.21. The van der Waals surface area contributed by atoms with E-state index in [1.54, 1.807) is 0 Å². The molecule has 5 heteroatoms. The number of amides is 2. The molecule has 1 N–H and O–H groups in total. The Morgan fingerprint density at radius 1 is 1.24 bits per heavy atom. The minimum Gasteiger partial charge on any atom is -0.338 e. The lowest BCUT2D eigenvalue weighted by molar-refractivity contribution is 0.165. The number of nitrogens with one attached hydrogen (secondary N) is 1. The molecule has 0 bridgehead atoms. The highest BCUT2D eigenvalue weighted by Crippen LogP contribution is 2.19. The van der Waals surface area contributed by atoms with E-state index in [2.05, 4.69) is 39.1 Å². The average molecular weight is 340 g/mol. The fourth-order valence-corrected chi connectivity index (χ4v) is 3.44. The first-order chi connectivity index (χ1) is 12.2. The molecule has 0 aliphatic carbocycles. The van der Waals surface area contributed by atoms with Crippen LogP contribution in [-0.2, 0) is 13.0 Å². The van der Waals surface area contributed by atoms with Gasteiger partial charge in [0.05, 0.1) is 0 Å². The molecule has 5 nitrogen and oxygen atoms in total. The molecule has 2 aromatic rings. The molecule has 1 saturated heterocycles. The molecule has 1 aliphatic heterocycles. The molecule has 1 fully saturated rings. The van der Waals surface area contributed by atoms with E-state index in [0.29, 0.717) is 5.92 Å². The van der Waals surface area contributed by atoms with Crippen molar-refractivity contribution in [3.05, 3.63) is 54.1 Å². The number of hydrogen-bond acceptors (Lipinski definition) is 2. The van der Waals surface area contributed by atoms with Crippen LogP contribution in [0, 0.1) is 12.8 Å². The van der Waals surface area contributed by atoms with Gasteiger partial charge in [-0.05, 0) is 44.1 Å². The Labute approximate surface area is 150 Å². The van der Waals surface area contributed by atoms with E-state index in [9.17, 15) is 4.79 Å². The zero-order valence-corrected chi connectivity index (χ0v) is 15.0. The van der Waals surface area contributed by atoms with Gasteiger partial charge in [0.15, 0.2) is 0 Å². The van der Waals surface area contributed by atoms with Gasteiger partial charge in [0.1, 0.15) is 5.82 Å². The zero-order chi connectivity index (χ0) is 17.5. The number of rotatable bonds is 6. The molecule has 1 aromatic carbocycles. The molecule has 1 aliphatic rings. The average Bonchev–Trinajstić information content (AvgIpc) is 3.05. The van der Waals surface area contributed by atoms with E-state index in [0.717, 1.165) is 57.7 Å². The summed E-state index contributed by atoms with van der Waals surface area (Å²) in [5, 5.41) is 3.06. The fraction of sp³-hybridized carbons (Fsp3) is 0.500. The molecule has 0 atom stereocenters. The highest BCUT2D eigenvalue weighted by molar-refractivity contribution is 5.74. The maximum atomic E-state index is 12.3. The Balaban J connectivity index is 1.33. The Morgan fingerprint density at radius 3 is 2.68 bits per heavy atom. The maximum absolute atomic E-state index is 12.3. The number of urea groups is 1. The van der Waals surface area contributed by atoms with Crippen molar-refractivity contribution in [3.8, 4) is 0 Å². The second kappa shape index (κ2) is 8.70. The number of carbonyl (C=O) groups excluding carboxylic acids is 1. The summed E-state index contributed by atoms with van der Waals surface area (Å²) in [6.07, 6.45) is 8.01. The van der Waals surface area contributed by atoms with E-state index in [1.807, 2.05) is 30.3 Å². The van der Waals surface area contributed by atoms with Crippen LogP contribution in [0.25, 0.3) is 0 Å². The zero-order valence-electron chi connectivity index (χ0n) is 15.0. The monoisotopic (exact) mass is 340 g/mol. The molecular formula is C20H28N4O. The second-order valence-corrected chi connectivity index (χ2v) is 6.88. The number of likely N-dealkylation sites (tertiary alicyclic amines) is 1. The highest BCUT2D eigenvalue weighted by Gasteiger charge is 2.23. The first-order valence-corrected chi connectivity index (χ1v) is 9.27. The molecule has 0 spiro atoms. The number of benzene rings is 1. The van der Waals surface area contributed by atoms with Crippen molar-refractivity contribution >= 4 is 6.03 Å². The second-order valence-electron chi connectivity index (χ2n) is 6.88. The fourth-order valence-electron chi connectivity index (χ4n) is 3.44. The lowest BCUT2D eigenvalue weighted by Gasteiger charge is -2.32. The van der Waals surface area contributed by atoms with Crippen LogP contribution >= 0.6 is 0 Å². The number of aryl methyl sites for hydroxylation is 2. The third kappa shape index (κ3) is 5.08. The van der Waals surface area contributed by atoms with Gasteiger partial charge in [0, 0.05) is 38.6 Å². The number of imidazole rings is 1. The smallest absolute Gasteiger partial charge is 0.317 e. The van der Waals surface area contributed by atoms with Gasteiger partial charge in [0.25, 0.3) is 0 Å². The predicted molar refractivity (Wildman–Crippen MR) is 99.4 cm³/mol. The number of aromatic nitrogens is 2. The number of nitrogens with zero attached hydrogens (tertiary/aromatic N) is 3. The molecular weight excluding hydrogens is 312 g/mol. The summed E-state index contributed by atoms with van der Waals surface area (Å²) in [6.45, 7) is 5.49. The van der Waals surface area contributed by atoms with Crippen LogP contribution in [0.1, 0.15) is 30.7 Å². The molecule has 0 saturated carbocycles. The summed E-state index contributed by atoms with van der Waals surface area (Å²) in [7, 11) is 0. The van der Waals surface area contributed by atoms with Gasteiger partial charge >= 0.3 is 6.03 Å². The first-order valence-electron chi connectivity index (χ1n) is 9.27. The lowest BCUT2D eigenvalue weighted by Crippen LogP contribution is -2.45. The molecule has 25 heavy (non-hydrogen) atoms. The number of piperidine rings is 1. The topological polar surface area (TPSA) is 50.2 Å². The van der Waals surface area contributed by atoms with Crippen molar-refractivity contribution in [1.82, 2.24) is 19.8 Å². The largest absolute Gasteiger partial charge is 0.338 e. The molecule has 134 valence electrons. The number of hydrogen-bond donors (Lipinski definition) is 1. The normalized spacial score (nSPS) is 15.3. The van der Waals surface area contributed by atoms with Crippen LogP contribution < -0.4 is 5.32 Å². The maximum Gasteiger partial charge on any atom is 0.317 e. The molecule has 3 rings (SSSR count). The van der Waals surface area contributed by atoms with Gasteiger partial charge in [-0.3, -0.25) is 0 Å². The molecule has 0 radical (unpaired) electrons. The third-order valence-electron chi connectivity index (χ3n) is 5.04. The number of carbonyl (C=O) groups is 1. The van der Waals surface area contributed by atoms with Crippen LogP contribution in [0.3, 0.4) is 0 Å². The Morgan fingerprint density at radius 2 is 2.00 bits per heavy atom. The molecule has 0 unspecified atom stereocenters. The van der Waals surface area contributed by atoms with Gasteiger partial charge < -0.3 is 14.8 Å². The van der Waals surface area contributed by atoms with Gasteiger partial charge in [-0.1, -0.05) is 30.3 Å². The van der Waals surface area contributed by atoms with Gasteiger partial charge in [-0.25, -0.2) is 9.78 Å². The van der Waals surface area contributed by atoms with Gasteiger partial charge in [0.2, 0.25) is 0 Å². The van der Waals surface area contributed by atoms with E-state index in [-0.39, 0.29) is 6.03 Å². The first kappa shape index (κ1) is 17.5. The molecule has 2 amide bonds. The summed E-state index contributed by atoms with van der Waals surface area (Å²) in [6, 6.07) is 10.5. The van der Waals surface area contributed by atoms with Crippen LogP contribution in [0.5, 0.6) is 0 Å². The van der Waals surface area contributed by atoms with Crippen LogP contribution in [0.2, 0.25) is 0 Å². The predicted octanol–water partition coefficient (Wildman–Crippen LogP) is 3.25. The van der Waals surface area contributed by atoms with Crippen molar-refractivity contribution < 1.29 is 4.79 Å². The Bertz CT molecular complexity index is 659. The summed E-state index contributed by atoms with van der Waals surface area (Å²) in [5.41, 5.74) is 1.33. The van der Waals surface area contributed by atoms with Crippen molar-refractivity contribution in [3.63, 3.8) is 0 Å². The van der Waals surface area contributed by atoms with Crippen LogP contribution in [-0.4, -0.2) is 40.1 Å². The summed E-state index contributed by atoms with van der Waals surface area (Å²) in [5.74, 6) is 1.70. The van der Waals surface area contributed by atoms with Crippen molar-refractivity contribution in [1.29, 1.82) is 0 Å².